The lowest BCUT2D eigenvalue weighted by molar-refractivity contribution is 0.0912. The number of carbonyl (C=O) groups excluding carboxylic acids is 1. The van der Waals surface area contributed by atoms with Gasteiger partial charge in [-0.1, -0.05) is 30.1 Å². The molecule has 0 radical (unpaired) electrons. The van der Waals surface area contributed by atoms with E-state index < -0.39 is 0 Å². The lowest BCUT2D eigenvalue weighted by atomic mass is 9.94. The molecular weight excluding hydrogens is 335 g/mol. The van der Waals surface area contributed by atoms with Crippen LogP contribution in [0.25, 0.3) is 0 Å². The summed E-state index contributed by atoms with van der Waals surface area (Å²) in [5.74, 6) is 0.670. The maximum Gasteiger partial charge on any atom is 0.255 e. The smallest absolute Gasteiger partial charge is 0.255 e. The summed E-state index contributed by atoms with van der Waals surface area (Å²) in [6.07, 6.45) is 1.05. The van der Waals surface area contributed by atoms with Crippen molar-refractivity contribution in [3.63, 3.8) is 0 Å². The molecule has 0 aliphatic carbocycles. The maximum absolute atomic E-state index is 12.4. The highest BCUT2D eigenvalue weighted by molar-refractivity contribution is 6.42. The number of halogens is 3. The number of hydrogen-bond acceptors (Lipinski definition) is 3. The molecule has 21 heavy (non-hydrogen) atoms. The number of piperidine rings is 1. The topological polar surface area (TPSA) is 50.4 Å². The molecule has 4 nitrogen and oxygen atoms in total. The van der Waals surface area contributed by atoms with Crippen LogP contribution in [-0.2, 0) is 0 Å². The molecule has 1 aliphatic heterocycles. The second-order valence-electron chi connectivity index (χ2n) is 5.02. The molecule has 1 aliphatic rings. The zero-order valence-electron chi connectivity index (χ0n) is 11.9. The molecule has 2 atom stereocenters. The van der Waals surface area contributed by atoms with Crippen molar-refractivity contribution < 1.29 is 9.53 Å². The third-order valence-electron chi connectivity index (χ3n) is 3.63. The van der Waals surface area contributed by atoms with Crippen LogP contribution in [0.3, 0.4) is 0 Å². The zero-order chi connectivity index (χ0) is 14.7. The van der Waals surface area contributed by atoms with Crippen LogP contribution in [0.1, 0.15) is 23.7 Å². The van der Waals surface area contributed by atoms with Crippen molar-refractivity contribution in [2.24, 2.45) is 5.92 Å². The van der Waals surface area contributed by atoms with Crippen molar-refractivity contribution in [3.05, 3.63) is 27.7 Å². The molecule has 1 aromatic carbocycles. The van der Waals surface area contributed by atoms with Crippen molar-refractivity contribution in [3.8, 4) is 5.75 Å². The van der Waals surface area contributed by atoms with E-state index in [1.54, 1.807) is 12.1 Å². The van der Waals surface area contributed by atoms with E-state index in [9.17, 15) is 4.79 Å². The van der Waals surface area contributed by atoms with E-state index in [4.69, 9.17) is 27.9 Å². The fraction of sp³-hybridized carbons (Fsp3) is 0.500. The lowest BCUT2D eigenvalue weighted by Crippen LogP contribution is -2.50. The summed E-state index contributed by atoms with van der Waals surface area (Å²) in [5, 5.41) is 7.01. The molecule has 2 rings (SSSR count). The van der Waals surface area contributed by atoms with Gasteiger partial charge in [0.15, 0.2) is 0 Å². The Hall–Kier alpha value is -0.680. The number of hydrogen-bond donors (Lipinski definition) is 2. The van der Waals surface area contributed by atoms with E-state index in [2.05, 4.69) is 17.6 Å². The summed E-state index contributed by atoms with van der Waals surface area (Å²) in [6.45, 7) is 3.90. The standard InChI is InChI=1S/C14H18Cl2N2O2.ClH/c1-8-3-4-17-7-12(8)18-14(19)9-5-10(15)11(16)6-13(9)20-2;/h5-6,8,12,17H,3-4,7H2,1-2H3,(H,18,19);1H. The number of benzene rings is 1. The minimum absolute atomic E-state index is 0. The van der Waals surface area contributed by atoms with Gasteiger partial charge in [-0.2, -0.15) is 0 Å². The predicted octanol–water partition coefficient (Wildman–Crippen LogP) is 3.15. The second-order valence-corrected chi connectivity index (χ2v) is 5.83. The minimum Gasteiger partial charge on any atom is -0.496 e. The van der Waals surface area contributed by atoms with Gasteiger partial charge in [0.25, 0.3) is 5.91 Å². The Kier molecular flexibility index (Phi) is 7.07. The van der Waals surface area contributed by atoms with E-state index in [-0.39, 0.29) is 24.4 Å². The molecule has 1 fully saturated rings. The first-order valence-corrected chi connectivity index (χ1v) is 7.33. The first-order chi connectivity index (χ1) is 9.52. The third-order valence-corrected chi connectivity index (χ3v) is 4.35. The average Bonchev–Trinajstić information content (AvgIpc) is 2.43. The number of methoxy groups -OCH3 is 1. The van der Waals surface area contributed by atoms with Gasteiger partial charge in [0.1, 0.15) is 5.75 Å². The highest BCUT2D eigenvalue weighted by Crippen LogP contribution is 2.30. The van der Waals surface area contributed by atoms with Crippen LogP contribution in [0.5, 0.6) is 5.75 Å². The first-order valence-electron chi connectivity index (χ1n) is 6.57. The molecule has 0 bridgehead atoms. The van der Waals surface area contributed by atoms with Gasteiger partial charge in [-0.3, -0.25) is 4.79 Å². The summed E-state index contributed by atoms with van der Waals surface area (Å²) in [6, 6.07) is 3.20. The monoisotopic (exact) mass is 352 g/mol. The summed E-state index contributed by atoms with van der Waals surface area (Å²) in [4.78, 5) is 12.4. The third kappa shape index (κ3) is 4.39. The Labute approximate surface area is 140 Å². The van der Waals surface area contributed by atoms with Crippen LogP contribution in [0, 0.1) is 5.92 Å². The van der Waals surface area contributed by atoms with Crippen molar-refractivity contribution >= 4 is 41.5 Å². The summed E-state index contributed by atoms with van der Waals surface area (Å²) in [5.41, 5.74) is 0.402. The van der Waals surface area contributed by atoms with Crippen molar-refractivity contribution in [2.75, 3.05) is 20.2 Å². The van der Waals surface area contributed by atoms with Gasteiger partial charge in [0, 0.05) is 18.7 Å². The van der Waals surface area contributed by atoms with E-state index in [0.29, 0.717) is 27.3 Å². The Bertz CT molecular complexity index is 511. The average molecular weight is 354 g/mol. The normalized spacial score (nSPS) is 21.3. The molecule has 0 aromatic heterocycles. The SMILES string of the molecule is COc1cc(Cl)c(Cl)cc1C(=O)NC1CNCCC1C.Cl. The Morgan fingerprint density at radius 3 is 2.67 bits per heavy atom. The molecule has 118 valence electrons. The zero-order valence-corrected chi connectivity index (χ0v) is 14.2. The van der Waals surface area contributed by atoms with Gasteiger partial charge in [-0.05, 0) is 24.9 Å². The number of carbonyl (C=O) groups is 1. The lowest BCUT2D eigenvalue weighted by Gasteiger charge is -2.30. The molecule has 0 saturated carbocycles. The Morgan fingerprint density at radius 2 is 2.05 bits per heavy atom. The fourth-order valence-corrected chi connectivity index (χ4v) is 2.62. The van der Waals surface area contributed by atoms with Crippen molar-refractivity contribution in [2.45, 2.75) is 19.4 Å². The predicted molar refractivity (Wildman–Crippen MR) is 88.2 cm³/mol. The fourth-order valence-electron chi connectivity index (χ4n) is 2.30. The van der Waals surface area contributed by atoms with Crippen LogP contribution < -0.4 is 15.4 Å². The van der Waals surface area contributed by atoms with Gasteiger partial charge in [-0.15, -0.1) is 12.4 Å². The number of nitrogens with one attached hydrogen (secondary N) is 2. The molecule has 0 spiro atoms. The van der Waals surface area contributed by atoms with Crippen LogP contribution in [-0.4, -0.2) is 32.1 Å². The van der Waals surface area contributed by atoms with Gasteiger partial charge in [0.2, 0.25) is 0 Å². The van der Waals surface area contributed by atoms with Gasteiger partial charge < -0.3 is 15.4 Å². The van der Waals surface area contributed by atoms with Crippen LogP contribution in [0.15, 0.2) is 12.1 Å². The number of amides is 1. The molecule has 2 unspecified atom stereocenters. The van der Waals surface area contributed by atoms with Crippen LogP contribution in [0.2, 0.25) is 10.0 Å². The molecular formula is C14H19Cl3N2O2. The first kappa shape index (κ1) is 18.4. The van der Waals surface area contributed by atoms with Crippen LogP contribution >= 0.6 is 35.6 Å². The maximum atomic E-state index is 12.4. The highest BCUT2D eigenvalue weighted by atomic mass is 35.5. The number of ether oxygens (including phenoxy) is 1. The van der Waals surface area contributed by atoms with Gasteiger partial charge in [0.05, 0.1) is 22.7 Å². The number of rotatable bonds is 3. The van der Waals surface area contributed by atoms with E-state index in [1.807, 2.05) is 0 Å². The Balaban J connectivity index is 0.00000220. The quantitative estimate of drug-likeness (QED) is 0.877. The highest BCUT2D eigenvalue weighted by Gasteiger charge is 2.24. The summed E-state index contributed by atoms with van der Waals surface area (Å²) >= 11 is 11.9. The second kappa shape index (κ2) is 8.08. The molecule has 1 saturated heterocycles. The molecule has 1 aromatic rings. The van der Waals surface area contributed by atoms with Crippen molar-refractivity contribution in [1.82, 2.24) is 10.6 Å². The minimum atomic E-state index is -0.194. The van der Waals surface area contributed by atoms with Gasteiger partial charge >= 0.3 is 0 Å². The summed E-state index contributed by atoms with van der Waals surface area (Å²) < 4.78 is 5.20. The largest absolute Gasteiger partial charge is 0.496 e. The van der Waals surface area contributed by atoms with E-state index >= 15 is 0 Å². The van der Waals surface area contributed by atoms with Crippen molar-refractivity contribution in [1.29, 1.82) is 0 Å². The molecule has 7 heteroatoms. The van der Waals surface area contributed by atoms with Gasteiger partial charge in [-0.25, -0.2) is 0 Å². The van der Waals surface area contributed by atoms with E-state index in [1.165, 1.54) is 7.11 Å². The molecule has 1 heterocycles. The van der Waals surface area contributed by atoms with Crippen LogP contribution in [0.4, 0.5) is 0 Å². The molecule has 1 amide bonds. The molecule has 2 N–H and O–H groups in total. The Morgan fingerprint density at radius 1 is 1.38 bits per heavy atom. The summed E-state index contributed by atoms with van der Waals surface area (Å²) in [7, 11) is 1.50. The van der Waals surface area contributed by atoms with E-state index in [0.717, 1.165) is 19.5 Å².